The number of rotatable bonds is 4. The van der Waals surface area contributed by atoms with Crippen LogP contribution in [-0.2, 0) is 13.1 Å². The monoisotopic (exact) mass is 218 g/mol. The van der Waals surface area contributed by atoms with Crippen molar-refractivity contribution in [3.63, 3.8) is 0 Å². The number of aryl methyl sites for hydroxylation is 1. The van der Waals surface area contributed by atoms with Crippen molar-refractivity contribution in [3.05, 3.63) is 41.5 Å². The predicted octanol–water partition coefficient (Wildman–Crippen LogP) is 1.11. The van der Waals surface area contributed by atoms with Gasteiger partial charge in [-0.3, -0.25) is 5.10 Å². The van der Waals surface area contributed by atoms with Gasteiger partial charge in [-0.25, -0.2) is 4.98 Å². The normalized spacial score (nSPS) is 10.6. The van der Waals surface area contributed by atoms with E-state index in [2.05, 4.69) is 20.5 Å². The molecule has 3 N–H and O–H groups in total. The number of aromatic amines is 1. The third kappa shape index (κ3) is 2.38. The summed E-state index contributed by atoms with van der Waals surface area (Å²) in [6, 6.07) is 5.71. The summed E-state index contributed by atoms with van der Waals surface area (Å²) in [5.41, 5.74) is 1.78. The molecule has 0 fully saturated rings. The Morgan fingerprint density at radius 3 is 3.00 bits per heavy atom. The van der Waals surface area contributed by atoms with Gasteiger partial charge in [-0.2, -0.15) is 5.10 Å². The maximum absolute atomic E-state index is 9.78. The number of hydrogen-bond donors (Lipinski definition) is 3. The summed E-state index contributed by atoms with van der Waals surface area (Å²) in [5, 5.41) is 19.5. The van der Waals surface area contributed by atoms with E-state index in [-0.39, 0.29) is 0 Å². The van der Waals surface area contributed by atoms with Crippen molar-refractivity contribution < 1.29 is 5.11 Å². The summed E-state index contributed by atoms with van der Waals surface area (Å²) < 4.78 is 0. The molecular formula is C11H14N4O. The standard InChI is InChI=1S/C11H14N4O/c1-8-3-2-4-9(11(8)16)5-12-6-10-13-7-14-15-10/h2-4,7,12,16H,5-6H2,1H3,(H,13,14,15). The highest BCUT2D eigenvalue weighted by Gasteiger charge is 2.03. The lowest BCUT2D eigenvalue weighted by molar-refractivity contribution is 0.460. The van der Waals surface area contributed by atoms with Gasteiger partial charge in [-0.1, -0.05) is 18.2 Å². The number of nitrogens with zero attached hydrogens (tertiary/aromatic N) is 2. The molecule has 2 rings (SSSR count). The Hall–Kier alpha value is -1.88. The Kier molecular flexibility index (Phi) is 3.16. The molecule has 0 aliphatic rings. The van der Waals surface area contributed by atoms with Gasteiger partial charge in [0.1, 0.15) is 17.9 Å². The van der Waals surface area contributed by atoms with E-state index in [9.17, 15) is 5.11 Å². The molecule has 0 bridgehead atoms. The lowest BCUT2D eigenvalue weighted by Crippen LogP contribution is -2.14. The molecule has 1 aromatic heterocycles. The number of phenolic OH excluding ortho intramolecular Hbond substituents is 1. The molecule has 0 saturated carbocycles. The minimum atomic E-state index is 0.354. The smallest absolute Gasteiger partial charge is 0.138 e. The number of nitrogens with one attached hydrogen (secondary N) is 2. The largest absolute Gasteiger partial charge is 0.507 e. The zero-order valence-corrected chi connectivity index (χ0v) is 9.07. The Balaban J connectivity index is 1.92. The molecule has 0 spiro atoms. The second kappa shape index (κ2) is 4.76. The number of H-pyrrole nitrogens is 1. The second-order valence-electron chi connectivity index (χ2n) is 3.62. The molecule has 1 aromatic carbocycles. The van der Waals surface area contributed by atoms with E-state index < -0.39 is 0 Å². The van der Waals surface area contributed by atoms with Crippen LogP contribution in [0.15, 0.2) is 24.5 Å². The molecule has 0 unspecified atom stereocenters. The van der Waals surface area contributed by atoms with Crippen molar-refractivity contribution in [2.24, 2.45) is 0 Å². The second-order valence-corrected chi connectivity index (χ2v) is 3.62. The van der Waals surface area contributed by atoms with Gasteiger partial charge in [-0.05, 0) is 12.5 Å². The lowest BCUT2D eigenvalue weighted by atomic mass is 10.1. The van der Waals surface area contributed by atoms with Crippen LogP contribution in [0, 0.1) is 6.92 Å². The summed E-state index contributed by atoms with van der Waals surface area (Å²) in [7, 11) is 0. The van der Waals surface area contributed by atoms with Crippen molar-refractivity contribution in [2.45, 2.75) is 20.0 Å². The Bertz CT molecular complexity index is 453. The van der Waals surface area contributed by atoms with Gasteiger partial charge in [-0.15, -0.1) is 0 Å². The Labute approximate surface area is 93.5 Å². The van der Waals surface area contributed by atoms with E-state index in [4.69, 9.17) is 0 Å². The van der Waals surface area contributed by atoms with Crippen LogP contribution in [0.25, 0.3) is 0 Å². The first kappa shape index (κ1) is 10.6. The van der Waals surface area contributed by atoms with Crippen LogP contribution in [0.3, 0.4) is 0 Å². The average Bonchev–Trinajstić information content (AvgIpc) is 2.77. The van der Waals surface area contributed by atoms with E-state index in [1.807, 2.05) is 25.1 Å². The van der Waals surface area contributed by atoms with Crippen LogP contribution in [0.4, 0.5) is 0 Å². The van der Waals surface area contributed by atoms with Gasteiger partial charge < -0.3 is 10.4 Å². The molecule has 16 heavy (non-hydrogen) atoms. The molecule has 2 aromatic rings. The fraction of sp³-hybridized carbons (Fsp3) is 0.273. The highest BCUT2D eigenvalue weighted by atomic mass is 16.3. The van der Waals surface area contributed by atoms with Crippen molar-refractivity contribution in [1.82, 2.24) is 20.5 Å². The van der Waals surface area contributed by atoms with E-state index in [0.29, 0.717) is 18.8 Å². The number of hydrogen-bond acceptors (Lipinski definition) is 4. The third-order valence-corrected chi connectivity index (χ3v) is 2.39. The van der Waals surface area contributed by atoms with Crippen molar-refractivity contribution in [3.8, 4) is 5.75 Å². The lowest BCUT2D eigenvalue weighted by Gasteiger charge is -2.07. The van der Waals surface area contributed by atoms with Crippen LogP contribution in [0.1, 0.15) is 17.0 Å². The van der Waals surface area contributed by atoms with Crippen molar-refractivity contribution >= 4 is 0 Å². The minimum Gasteiger partial charge on any atom is -0.507 e. The molecule has 0 aliphatic carbocycles. The number of para-hydroxylation sites is 1. The molecule has 0 amide bonds. The molecule has 0 radical (unpaired) electrons. The number of aromatic hydroxyl groups is 1. The van der Waals surface area contributed by atoms with E-state index in [1.165, 1.54) is 6.33 Å². The Morgan fingerprint density at radius 2 is 2.25 bits per heavy atom. The van der Waals surface area contributed by atoms with E-state index >= 15 is 0 Å². The molecule has 5 nitrogen and oxygen atoms in total. The maximum Gasteiger partial charge on any atom is 0.138 e. The molecular weight excluding hydrogens is 204 g/mol. The number of aromatic nitrogens is 3. The summed E-state index contributed by atoms with van der Waals surface area (Å²) >= 11 is 0. The number of benzene rings is 1. The first-order valence-corrected chi connectivity index (χ1v) is 5.10. The maximum atomic E-state index is 9.78. The quantitative estimate of drug-likeness (QED) is 0.718. The summed E-state index contributed by atoms with van der Waals surface area (Å²) in [4.78, 5) is 4.00. The summed E-state index contributed by atoms with van der Waals surface area (Å²) in [6.45, 7) is 3.09. The molecule has 0 saturated heterocycles. The van der Waals surface area contributed by atoms with Crippen LogP contribution in [0.2, 0.25) is 0 Å². The highest BCUT2D eigenvalue weighted by Crippen LogP contribution is 2.20. The van der Waals surface area contributed by atoms with Crippen molar-refractivity contribution in [2.75, 3.05) is 0 Å². The van der Waals surface area contributed by atoms with Crippen LogP contribution in [-0.4, -0.2) is 20.3 Å². The van der Waals surface area contributed by atoms with Crippen LogP contribution < -0.4 is 5.32 Å². The van der Waals surface area contributed by atoms with Gasteiger partial charge >= 0.3 is 0 Å². The highest BCUT2D eigenvalue weighted by molar-refractivity contribution is 5.39. The van der Waals surface area contributed by atoms with Crippen LogP contribution in [0.5, 0.6) is 5.75 Å². The van der Waals surface area contributed by atoms with Gasteiger partial charge in [0.05, 0.1) is 6.54 Å². The third-order valence-electron chi connectivity index (χ3n) is 2.39. The molecule has 84 valence electrons. The number of phenols is 1. The Morgan fingerprint density at radius 1 is 1.38 bits per heavy atom. The molecule has 0 aliphatic heterocycles. The molecule has 0 atom stereocenters. The zero-order chi connectivity index (χ0) is 11.4. The van der Waals surface area contributed by atoms with Gasteiger partial charge in [0.2, 0.25) is 0 Å². The fourth-order valence-corrected chi connectivity index (χ4v) is 1.49. The summed E-state index contributed by atoms with van der Waals surface area (Å²) in [6.07, 6.45) is 1.47. The molecule has 1 heterocycles. The predicted molar refractivity (Wildman–Crippen MR) is 59.8 cm³/mol. The topological polar surface area (TPSA) is 73.8 Å². The van der Waals surface area contributed by atoms with Crippen molar-refractivity contribution in [1.29, 1.82) is 0 Å². The first-order valence-electron chi connectivity index (χ1n) is 5.10. The first-order chi connectivity index (χ1) is 7.77. The zero-order valence-electron chi connectivity index (χ0n) is 9.07. The van der Waals surface area contributed by atoms with Gasteiger partial charge in [0, 0.05) is 12.1 Å². The van der Waals surface area contributed by atoms with E-state index in [0.717, 1.165) is 17.0 Å². The van der Waals surface area contributed by atoms with E-state index in [1.54, 1.807) is 0 Å². The fourth-order valence-electron chi connectivity index (χ4n) is 1.49. The average molecular weight is 218 g/mol. The van der Waals surface area contributed by atoms with Gasteiger partial charge in [0.25, 0.3) is 0 Å². The van der Waals surface area contributed by atoms with Crippen LogP contribution >= 0.6 is 0 Å². The SMILES string of the molecule is Cc1cccc(CNCc2ncn[nH]2)c1O. The molecule has 5 heteroatoms. The van der Waals surface area contributed by atoms with Gasteiger partial charge in [0.15, 0.2) is 0 Å². The summed E-state index contributed by atoms with van der Waals surface area (Å²) in [5.74, 6) is 1.14. The minimum absolute atomic E-state index is 0.354.